The van der Waals surface area contributed by atoms with Crippen LogP contribution in [0.4, 0.5) is 10.2 Å². The van der Waals surface area contributed by atoms with Crippen LogP contribution >= 0.6 is 0 Å². The van der Waals surface area contributed by atoms with Crippen molar-refractivity contribution in [3.05, 3.63) is 18.3 Å². The predicted molar refractivity (Wildman–Crippen MR) is 48.3 cm³/mol. The zero-order chi connectivity index (χ0) is 10.0. The SMILES string of the molecule is OC1(CNc2cncc(F)n2)CNC1. The van der Waals surface area contributed by atoms with E-state index in [0.717, 1.165) is 6.20 Å². The van der Waals surface area contributed by atoms with Crippen LogP contribution in [0.3, 0.4) is 0 Å². The normalized spacial score (nSPS) is 18.7. The summed E-state index contributed by atoms with van der Waals surface area (Å²) in [4.78, 5) is 7.19. The molecule has 76 valence electrons. The number of aliphatic hydroxyl groups is 1. The lowest BCUT2D eigenvalue weighted by molar-refractivity contribution is 0.00304. The number of nitrogens with one attached hydrogen (secondary N) is 2. The third-order valence-electron chi connectivity index (χ3n) is 2.11. The Labute approximate surface area is 80.4 Å². The van der Waals surface area contributed by atoms with Crippen molar-refractivity contribution < 1.29 is 9.50 Å². The maximum absolute atomic E-state index is 12.6. The molecule has 1 fully saturated rings. The van der Waals surface area contributed by atoms with Crippen LogP contribution in [-0.2, 0) is 0 Å². The molecule has 0 atom stereocenters. The van der Waals surface area contributed by atoms with Gasteiger partial charge in [0.15, 0.2) is 0 Å². The van der Waals surface area contributed by atoms with Gasteiger partial charge in [-0.2, -0.15) is 9.37 Å². The average molecular weight is 198 g/mol. The first-order chi connectivity index (χ1) is 6.68. The molecule has 1 aliphatic rings. The summed E-state index contributed by atoms with van der Waals surface area (Å²) in [5.41, 5.74) is -0.742. The summed E-state index contributed by atoms with van der Waals surface area (Å²) in [6.45, 7) is 1.43. The second-order valence-electron chi connectivity index (χ2n) is 3.41. The van der Waals surface area contributed by atoms with Crippen molar-refractivity contribution in [2.45, 2.75) is 5.60 Å². The highest BCUT2D eigenvalue weighted by atomic mass is 19.1. The lowest BCUT2D eigenvalue weighted by Gasteiger charge is -2.37. The van der Waals surface area contributed by atoms with Crippen LogP contribution in [0.15, 0.2) is 12.4 Å². The molecule has 3 N–H and O–H groups in total. The first-order valence-corrected chi connectivity index (χ1v) is 4.32. The van der Waals surface area contributed by atoms with Gasteiger partial charge in [0.05, 0.1) is 12.4 Å². The number of nitrogens with zero attached hydrogens (tertiary/aromatic N) is 2. The average Bonchev–Trinajstić information content (AvgIpc) is 2.12. The highest BCUT2D eigenvalue weighted by molar-refractivity contribution is 5.31. The molecule has 0 radical (unpaired) electrons. The molecule has 5 nitrogen and oxygen atoms in total. The minimum Gasteiger partial charge on any atom is -0.385 e. The van der Waals surface area contributed by atoms with Crippen LogP contribution in [0.1, 0.15) is 0 Å². The molecule has 1 aromatic rings. The zero-order valence-corrected chi connectivity index (χ0v) is 7.50. The molecule has 0 aromatic carbocycles. The second-order valence-corrected chi connectivity index (χ2v) is 3.41. The lowest BCUT2D eigenvalue weighted by atomic mass is 9.97. The molecule has 1 saturated heterocycles. The Hall–Kier alpha value is -1.27. The Morgan fingerprint density at radius 3 is 2.93 bits per heavy atom. The van der Waals surface area contributed by atoms with Gasteiger partial charge >= 0.3 is 0 Å². The standard InChI is InChI=1S/C8H11FN4O/c9-6-1-10-2-7(13-6)12-5-8(14)3-11-4-8/h1-2,11,14H,3-5H2,(H,12,13). The maximum atomic E-state index is 12.6. The molecule has 2 heterocycles. The van der Waals surface area contributed by atoms with E-state index in [0.29, 0.717) is 25.5 Å². The van der Waals surface area contributed by atoms with Crippen LogP contribution in [0, 0.1) is 5.95 Å². The van der Waals surface area contributed by atoms with Gasteiger partial charge < -0.3 is 15.7 Å². The van der Waals surface area contributed by atoms with Gasteiger partial charge in [0.2, 0.25) is 5.95 Å². The van der Waals surface area contributed by atoms with Gasteiger partial charge in [-0.05, 0) is 0 Å². The number of aromatic nitrogens is 2. The molecule has 0 amide bonds. The maximum Gasteiger partial charge on any atom is 0.233 e. The fraction of sp³-hybridized carbons (Fsp3) is 0.500. The number of halogens is 1. The molecule has 0 saturated carbocycles. The highest BCUT2D eigenvalue weighted by Crippen LogP contribution is 2.11. The van der Waals surface area contributed by atoms with Crippen molar-refractivity contribution in [3.8, 4) is 0 Å². The van der Waals surface area contributed by atoms with Crippen molar-refractivity contribution in [1.82, 2.24) is 15.3 Å². The molecule has 2 rings (SSSR count). The van der Waals surface area contributed by atoms with Gasteiger partial charge in [0, 0.05) is 19.6 Å². The number of β-amino-alcohol motifs (C(OH)–C–C–N with tert-alkyl or cyclic N) is 1. The van der Waals surface area contributed by atoms with E-state index in [4.69, 9.17) is 0 Å². The molecule has 6 heteroatoms. The van der Waals surface area contributed by atoms with E-state index in [1.54, 1.807) is 0 Å². The van der Waals surface area contributed by atoms with Gasteiger partial charge in [-0.3, -0.25) is 4.98 Å². The van der Waals surface area contributed by atoms with E-state index in [1.165, 1.54) is 6.20 Å². The van der Waals surface area contributed by atoms with Crippen LogP contribution < -0.4 is 10.6 Å². The minimum absolute atomic E-state index is 0.338. The molecule has 1 aliphatic heterocycles. The molecule has 0 spiro atoms. The number of hydrogen-bond donors (Lipinski definition) is 3. The van der Waals surface area contributed by atoms with E-state index in [-0.39, 0.29) is 0 Å². The van der Waals surface area contributed by atoms with Crippen molar-refractivity contribution in [2.75, 3.05) is 25.0 Å². The molecular weight excluding hydrogens is 187 g/mol. The molecule has 0 unspecified atom stereocenters. The third-order valence-corrected chi connectivity index (χ3v) is 2.11. The van der Waals surface area contributed by atoms with Gasteiger partial charge in [0.25, 0.3) is 0 Å². The predicted octanol–water partition coefficient (Wildman–Crippen LogP) is -0.638. The summed E-state index contributed by atoms with van der Waals surface area (Å²) in [6.07, 6.45) is 2.45. The monoisotopic (exact) mass is 198 g/mol. The van der Waals surface area contributed by atoms with Gasteiger partial charge in [-0.1, -0.05) is 0 Å². The van der Waals surface area contributed by atoms with Crippen LogP contribution in [0.5, 0.6) is 0 Å². The summed E-state index contributed by atoms with van der Waals surface area (Å²) >= 11 is 0. The molecule has 0 bridgehead atoms. The van der Waals surface area contributed by atoms with Crippen LogP contribution in [0.25, 0.3) is 0 Å². The summed E-state index contributed by atoms with van der Waals surface area (Å²) in [7, 11) is 0. The zero-order valence-electron chi connectivity index (χ0n) is 7.50. The minimum atomic E-state index is -0.742. The number of hydrogen-bond acceptors (Lipinski definition) is 5. The fourth-order valence-electron chi connectivity index (χ4n) is 1.22. The molecule has 0 aliphatic carbocycles. The van der Waals surface area contributed by atoms with E-state index in [2.05, 4.69) is 20.6 Å². The summed E-state index contributed by atoms with van der Waals surface area (Å²) in [5.74, 6) is -0.293. The molecule has 14 heavy (non-hydrogen) atoms. The third kappa shape index (κ3) is 1.97. The summed E-state index contributed by atoms with van der Waals surface area (Å²) in [6, 6.07) is 0. The van der Waals surface area contributed by atoms with Gasteiger partial charge in [0.1, 0.15) is 11.4 Å². The Balaban J connectivity index is 1.91. The first kappa shape index (κ1) is 9.29. The van der Waals surface area contributed by atoms with E-state index in [1.807, 2.05) is 0 Å². The lowest BCUT2D eigenvalue weighted by Crippen LogP contribution is -2.63. The molecule has 1 aromatic heterocycles. The van der Waals surface area contributed by atoms with E-state index < -0.39 is 11.5 Å². The van der Waals surface area contributed by atoms with E-state index >= 15 is 0 Å². The number of anilines is 1. The van der Waals surface area contributed by atoms with Gasteiger partial charge in [-0.25, -0.2) is 0 Å². The van der Waals surface area contributed by atoms with Crippen LogP contribution in [0.2, 0.25) is 0 Å². The largest absolute Gasteiger partial charge is 0.385 e. The quantitative estimate of drug-likeness (QED) is 0.602. The summed E-state index contributed by atoms with van der Waals surface area (Å²) < 4.78 is 12.6. The van der Waals surface area contributed by atoms with E-state index in [9.17, 15) is 9.50 Å². The topological polar surface area (TPSA) is 70.1 Å². The van der Waals surface area contributed by atoms with Crippen molar-refractivity contribution in [2.24, 2.45) is 0 Å². The Bertz CT molecular complexity index is 329. The Morgan fingerprint density at radius 1 is 1.57 bits per heavy atom. The van der Waals surface area contributed by atoms with Crippen molar-refractivity contribution >= 4 is 5.82 Å². The summed E-state index contributed by atoms with van der Waals surface area (Å²) in [5, 5.41) is 15.4. The second kappa shape index (κ2) is 3.47. The smallest absolute Gasteiger partial charge is 0.233 e. The van der Waals surface area contributed by atoms with Crippen molar-refractivity contribution in [3.63, 3.8) is 0 Å². The van der Waals surface area contributed by atoms with Crippen molar-refractivity contribution in [1.29, 1.82) is 0 Å². The Morgan fingerprint density at radius 2 is 2.36 bits per heavy atom. The first-order valence-electron chi connectivity index (χ1n) is 4.32. The van der Waals surface area contributed by atoms with Gasteiger partial charge in [-0.15, -0.1) is 0 Å². The molecular formula is C8H11FN4O. The Kier molecular flexibility index (Phi) is 2.30. The highest BCUT2D eigenvalue weighted by Gasteiger charge is 2.33. The number of rotatable bonds is 3. The fourth-order valence-corrected chi connectivity index (χ4v) is 1.22. The van der Waals surface area contributed by atoms with Crippen LogP contribution in [-0.4, -0.2) is 40.3 Å².